The van der Waals surface area contributed by atoms with Gasteiger partial charge in [0.05, 0.1) is 6.61 Å². The monoisotopic (exact) mass is 273 g/mol. The average molecular weight is 273 g/mol. The van der Waals surface area contributed by atoms with Gasteiger partial charge in [0.25, 0.3) is 0 Å². The first-order chi connectivity index (χ1) is 9.88. The third-order valence-corrected chi connectivity index (χ3v) is 4.96. The third kappa shape index (κ3) is 3.01. The number of rotatable bonds is 6. The molecule has 1 heterocycles. The number of para-hydroxylation sites is 1. The summed E-state index contributed by atoms with van der Waals surface area (Å²) in [5.74, 6) is 2.70. The van der Waals surface area contributed by atoms with Gasteiger partial charge in [0, 0.05) is 12.0 Å². The number of ether oxygens (including phenoxy) is 1. The molecule has 1 aliphatic heterocycles. The smallest absolute Gasteiger partial charge is 0.122 e. The Hall–Kier alpha value is -1.02. The number of benzene rings is 1. The highest BCUT2D eigenvalue weighted by molar-refractivity contribution is 5.38. The lowest BCUT2D eigenvalue weighted by Crippen LogP contribution is -2.40. The second kappa shape index (κ2) is 6.62. The van der Waals surface area contributed by atoms with E-state index in [-0.39, 0.29) is 0 Å². The minimum atomic E-state index is 0.630. The van der Waals surface area contributed by atoms with Gasteiger partial charge in [0.15, 0.2) is 0 Å². The van der Waals surface area contributed by atoms with E-state index >= 15 is 0 Å². The van der Waals surface area contributed by atoms with Crippen molar-refractivity contribution in [1.82, 2.24) is 5.32 Å². The highest BCUT2D eigenvalue weighted by atomic mass is 16.5. The van der Waals surface area contributed by atoms with Crippen molar-refractivity contribution in [2.75, 3.05) is 13.2 Å². The van der Waals surface area contributed by atoms with E-state index in [1.807, 2.05) is 0 Å². The maximum atomic E-state index is 5.83. The zero-order valence-electron chi connectivity index (χ0n) is 12.6. The average Bonchev–Trinajstić information content (AvgIpc) is 2.45. The molecular formula is C18H27NO. The van der Waals surface area contributed by atoms with E-state index in [2.05, 4.69) is 36.5 Å². The fourth-order valence-corrected chi connectivity index (χ4v) is 3.59. The molecule has 0 aromatic heterocycles. The van der Waals surface area contributed by atoms with Gasteiger partial charge in [0.1, 0.15) is 5.75 Å². The van der Waals surface area contributed by atoms with Crippen LogP contribution >= 0.6 is 0 Å². The number of nitrogens with one attached hydrogen (secondary N) is 1. The summed E-state index contributed by atoms with van der Waals surface area (Å²) in [5.41, 5.74) is 1.42. The van der Waals surface area contributed by atoms with Crippen LogP contribution in [-0.2, 0) is 0 Å². The molecule has 2 nitrogen and oxygen atoms in total. The molecule has 0 amide bonds. The molecule has 2 heteroatoms. The van der Waals surface area contributed by atoms with Crippen LogP contribution in [0.1, 0.15) is 56.9 Å². The summed E-state index contributed by atoms with van der Waals surface area (Å²) in [6, 6.07) is 9.26. The zero-order valence-corrected chi connectivity index (χ0v) is 12.6. The SMILES string of the molecule is CCCNC(CC1CCC1)C1CCOc2ccccc21. The minimum Gasteiger partial charge on any atom is -0.493 e. The van der Waals surface area contributed by atoms with Gasteiger partial charge < -0.3 is 10.1 Å². The van der Waals surface area contributed by atoms with E-state index in [9.17, 15) is 0 Å². The van der Waals surface area contributed by atoms with Crippen LogP contribution in [0.25, 0.3) is 0 Å². The number of fused-ring (bicyclic) bond motifs is 1. The van der Waals surface area contributed by atoms with E-state index in [1.165, 1.54) is 37.7 Å². The van der Waals surface area contributed by atoms with Gasteiger partial charge in [0.2, 0.25) is 0 Å². The van der Waals surface area contributed by atoms with Crippen LogP contribution in [-0.4, -0.2) is 19.2 Å². The van der Waals surface area contributed by atoms with Crippen LogP contribution in [0.4, 0.5) is 0 Å². The molecule has 1 N–H and O–H groups in total. The standard InChI is InChI=1S/C18H27NO/c1-2-11-19-17(13-14-6-5-7-14)15-10-12-20-18-9-4-3-8-16(15)18/h3-4,8-9,14-15,17,19H,2,5-7,10-13H2,1H3. The van der Waals surface area contributed by atoms with Crippen LogP contribution in [0.5, 0.6) is 5.75 Å². The van der Waals surface area contributed by atoms with E-state index in [0.717, 1.165) is 31.2 Å². The summed E-state index contributed by atoms with van der Waals surface area (Å²) in [6.07, 6.45) is 8.04. The molecule has 2 unspecified atom stereocenters. The van der Waals surface area contributed by atoms with Gasteiger partial charge in [-0.2, -0.15) is 0 Å². The van der Waals surface area contributed by atoms with E-state index in [4.69, 9.17) is 4.74 Å². The Labute approximate surface area is 122 Å². The molecule has 20 heavy (non-hydrogen) atoms. The summed E-state index contributed by atoms with van der Waals surface area (Å²) < 4.78 is 5.83. The quantitative estimate of drug-likeness (QED) is 0.842. The number of hydrogen-bond acceptors (Lipinski definition) is 2. The van der Waals surface area contributed by atoms with Crippen LogP contribution < -0.4 is 10.1 Å². The fraction of sp³-hybridized carbons (Fsp3) is 0.667. The Kier molecular flexibility index (Phi) is 4.62. The van der Waals surface area contributed by atoms with Crippen LogP contribution in [0, 0.1) is 5.92 Å². The van der Waals surface area contributed by atoms with Gasteiger partial charge in [-0.1, -0.05) is 44.4 Å². The normalized spacial score (nSPS) is 23.6. The van der Waals surface area contributed by atoms with Gasteiger partial charge in [-0.3, -0.25) is 0 Å². The van der Waals surface area contributed by atoms with Crippen LogP contribution in [0.2, 0.25) is 0 Å². The predicted molar refractivity (Wildman–Crippen MR) is 83.3 cm³/mol. The van der Waals surface area contributed by atoms with Crippen molar-refractivity contribution in [3.63, 3.8) is 0 Å². The fourth-order valence-electron chi connectivity index (χ4n) is 3.59. The largest absolute Gasteiger partial charge is 0.493 e. The molecule has 1 saturated carbocycles. The van der Waals surface area contributed by atoms with E-state index in [1.54, 1.807) is 0 Å². The Morgan fingerprint density at radius 3 is 2.85 bits per heavy atom. The van der Waals surface area contributed by atoms with Crippen molar-refractivity contribution < 1.29 is 4.74 Å². The number of hydrogen-bond donors (Lipinski definition) is 1. The maximum Gasteiger partial charge on any atom is 0.122 e. The molecule has 1 aromatic rings. The highest BCUT2D eigenvalue weighted by Gasteiger charge is 2.31. The molecule has 2 atom stereocenters. The molecule has 0 saturated heterocycles. The van der Waals surface area contributed by atoms with E-state index < -0.39 is 0 Å². The third-order valence-electron chi connectivity index (χ3n) is 4.96. The van der Waals surface area contributed by atoms with Crippen LogP contribution in [0.15, 0.2) is 24.3 Å². The summed E-state index contributed by atoms with van der Waals surface area (Å²) >= 11 is 0. The topological polar surface area (TPSA) is 21.3 Å². The minimum absolute atomic E-state index is 0.630. The van der Waals surface area contributed by atoms with Crippen molar-refractivity contribution in [2.45, 2.75) is 57.4 Å². The molecule has 3 rings (SSSR count). The predicted octanol–water partition coefficient (Wildman–Crippen LogP) is 4.11. The Morgan fingerprint density at radius 2 is 2.10 bits per heavy atom. The molecule has 2 aliphatic rings. The second-order valence-electron chi connectivity index (χ2n) is 6.37. The Balaban J connectivity index is 1.75. The van der Waals surface area contributed by atoms with Gasteiger partial charge in [-0.05, 0) is 43.4 Å². The first kappa shape index (κ1) is 13.9. The van der Waals surface area contributed by atoms with Crippen LogP contribution in [0.3, 0.4) is 0 Å². The Morgan fingerprint density at radius 1 is 1.25 bits per heavy atom. The maximum absolute atomic E-state index is 5.83. The molecule has 0 bridgehead atoms. The first-order valence-electron chi connectivity index (χ1n) is 8.33. The first-order valence-corrected chi connectivity index (χ1v) is 8.33. The summed E-state index contributed by atoms with van der Waals surface area (Å²) in [5, 5.41) is 3.82. The van der Waals surface area contributed by atoms with Gasteiger partial charge >= 0.3 is 0 Å². The molecule has 1 aromatic carbocycles. The van der Waals surface area contributed by atoms with Gasteiger partial charge in [-0.25, -0.2) is 0 Å². The van der Waals surface area contributed by atoms with Gasteiger partial charge in [-0.15, -0.1) is 0 Å². The lowest BCUT2D eigenvalue weighted by molar-refractivity contribution is 0.205. The highest BCUT2D eigenvalue weighted by Crippen LogP contribution is 2.40. The Bertz CT molecular complexity index is 427. The molecule has 1 aliphatic carbocycles. The molecule has 0 spiro atoms. The van der Waals surface area contributed by atoms with Crippen molar-refractivity contribution in [2.24, 2.45) is 5.92 Å². The zero-order chi connectivity index (χ0) is 13.8. The summed E-state index contributed by atoms with van der Waals surface area (Å²) in [4.78, 5) is 0. The molecule has 110 valence electrons. The van der Waals surface area contributed by atoms with Crippen molar-refractivity contribution in [3.05, 3.63) is 29.8 Å². The van der Waals surface area contributed by atoms with E-state index in [0.29, 0.717) is 12.0 Å². The second-order valence-corrected chi connectivity index (χ2v) is 6.37. The lowest BCUT2D eigenvalue weighted by atomic mass is 9.75. The summed E-state index contributed by atoms with van der Waals surface area (Å²) in [7, 11) is 0. The lowest BCUT2D eigenvalue weighted by Gasteiger charge is -2.37. The molecular weight excluding hydrogens is 246 g/mol. The van der Waals surface area contributed by atoms with Crippen molar-refractivity contribution in [3.8, 4) is 5.75 Å². The molecule has 1 fully saturated rings. The summed E-state index contributed by atoms with van der Waals surface area (Å²) in [6.45, 7) is 4.26. The van der Waals surface area contributed by atoms with Crippen molar-refractivity contribution >= 4 is 0 Å². The van der Waals surface area contributed by atoms with Crippen molar-refractivity contribution in [1.29, 1.82) is 0 Å². The molecule has 0 radical (unpaired) electrons.